The highest BCUT2D eigenvalue weighted by Crippen LogP contribution is 2.24. The van der Waals surface area contributed by atoms with E-state index in [0.717, 1.165) is 37.7 Å². The second kappa shape index (κ2) is 9.20. The maximum Gasteiger partial charge on any atom is 0.339 e. The van der Waals surface area contributed by atoms with Crippen molar-refractivity contribution in [2.75, 3.05) is 0 Å². The fraction of sp³-hybridized carbons (Fsp3) is 0.636. The molecular formula is C22H34O4. The van der Waals surface area contributed by atoms with E-state index in [1.165, 1.54) is 0 Å². The van der Waals surface area contributed by atoms with Crippen LogP contribution in [0.5, 0.6) is 0 Å². The largest absolute Gasteiger partial charge is 0.456 e. The molecule has 4 nitrogen and oxygen atoms in total. The van der Waals surface area contributed by atoms with Crippen molar-refractivity contribution in [1.29, 1.82) is 0 Å². The normalized spacial score (nSPS) is 12.0. The van der Waals surface area contributed by atoms with Gasteiger partial charge >= 0.3 is 11.9 Å². The van der Waals surface area contributed by atoms with E-state index >= 15 is 0 Å². The Morgan fingerprint density at radius 1 is 0.808 bits per heavy atom. The first-order chi connectivity index (χ1) is 12.0. The number of hydrogen-bond donors (Lipinski definition) is 0. The molecule has 0 aliphatic rings. The molecule has 0 radical (unpaired) electrons. The molecule has 0 unspecified atom stereocenters. The fourth-order valence-electron chi connectivity index (χ4n) is 3.08. The Kier molecular flexibility index (Phi) is 7.86. The average Bonchev–Trinajstić information content (AvgIpc) is 2.52. The quantitative estimate of drug-likeness (QED) is 0.527. The molecule has 0 aliphatic carbocycles. The zero-order chi connectivity index (χ0) is 20.0. The summed E-state index contributed by atoms with van der Waals surface area (Å²) in [4.78, 5) is 25.5. The first-order valence-electron chi connectivity index (χ1n) is 9.64. The fourth-order valence-corrected chi connectivity index (χ4v) is 3.08. The molecule has 1 aromatic carbocycles. The van der Waals surface area contributed by atoms with Crippen molar-refractivity contribution in [2.24, 2.45) is 0 Å². The molecule has 1 rings (SSSR count). The number of carbonyl (C=O) groups is 2. The molecule has 0 saturated heterocycles. The minimum absolute atomic E-state index is 0.267. The van der Waals surface area contributed by atoms with Gasteiger partial charge in [0.25, 0.3) is 0 Å². The molecule has 0 atom stereocenters. The molecule has 0 fully saturated rings. The van der Waals surface area contributed by atoms with Crippen LogP contribution in [0.1, 0.15) is 100 Å². The van der Waals surface area contributed by atoms with Gasteiger partial charge in [-0.3, -0.25) is 0 Å². The third-order valence-electron chi connectivity index (χ3n) is 4.37. The summed E-state index contributed by atoms with van der Waals surface area (Å²) in [5.74, 6) is -0.953. The van der Waals surface area contributed by atoms with Crippen LogP contribution in [-0.4, -0.2) is 23.1 Å². The third kappa shape index (κ3) is 6.47. The SMILES string of the molecule is CCCC(C)(C)OC(=O)c1ccc(CC)cc1C(=O)OC(C)(C)CCC. The summed E-state index contributed by atoms with van der Waals surface area (Å²) in [5, 5.41) is 0. The molecule has 0 N–H and O–H groups in total. The van der Waals surface area contributed by atoms with E-state index in [4.69, 9.17) is 9.47 Å². The first-order valence-corrected chi connectivity index (χ1v) is 9.64. The lowest BCUT2D eigenvalue weighted by Gasteiger charge is -2.27. The standard InChI is InChI=1S/C22H34O4/c1-8-13-21(4,5)25-19(23)17-12-11-16(10-3)15-18(17)20(24)26-22(6,7)14-9-2/h11-12,15H,8-10,13-14H2,1-7H3. The summed E-state index contributed by atoms with van der Waals surface area (Å²) in [6, 6.07) is 5.28. The van der Waals surface area contributed by atoms with Crippen LogP contribution >= 0.6 is 0 Å². The smallest absolute Gasteiger partial charge is 0.339 e. The molecule has 0 aromatic heterocycles. The Labute approximate surface area is 158 Å². The van der Waals surface area contributed by atoms with Gasteiger partial charge in [-0.2, -0.15) is 0 Å². The van der Waals surface area contributed by atoms with Crippen LogP contribution in [0.4, 0.5) is 0 Å². The maximum atomic E-state index is 12.8. The van der Waals surface area contributed by atoms with E-state index in [1.54, 1.807) is 12.1 Å². The number of ether oxygens (including phenoxy) is 2. The number of rotatable bonds is 9. The van der Waals surface area contributed by atoms with Gasteiger partial charge in [0.1, 0.15) is 11.2 Å². The Morgan fingerprint density at radius 2 is 1.27 bits per heavy atom. The van der Waals surface area contributed by atoms with Gasteiger partial charge in [0, 0.05) is 0 Å². The second-order valence-corrected chi connectivity index (χ2v) is 8.03. The van der Waals surface area contributed by atoms with Gasteiger partial charge in [-0.25, -0.2) is 9.59 Å². The predicted octanol–water partition coefficient (Wildman–Crippen LogP) is 5.72. The van der Waals surface area contributed by atoms with E-state index in [-0.39, 0.29) is 11.1 Å². The van der Waals surface area contributed by atoms with Crippen LogP contribution in [0, 0.1) is 0 Å². The molecule has 0 saturated carbocycles. The van der Waals surface area contributed by atoms with Gasteiger partial charge in [-0.05, 0) is 64.7 Å². The van der Waals surface area contributed by atoms with Crippen molar-refractivity contribution in [2.45, 2.75) is 91.8 Å². The minimum atomic E-state index is -0.573. The van der Waals surface area contributed by atoms with E-state index in [2.05, 4.69) is 0 Å². The van der Waals surface area contributed by atoms with Crippen molar-refractivity contribution >= 4 is 11.9 Å². The highest BCUT2D eigenvalue weighted by atomic mass is 16.6. The average molecular weight is 363 g/mol. The van der Waals surface area contributed by atoms with Crippen LogP contribution in [0.15, 0.2) is 18.2 Å². The summed E-state index contributed by atoms with van der Waals surface area (Å²) in [6.07, 6.45) is 4.12. The van der Waals surface area contributed by atoms with Crippen molar-refractivity contribution in [1.82, 2.24) is 0 Å². The summed E-state index contributed by atoms with van der Waals surface area (Å²) in [6.45, 7) is 13.7. The molecule has 0 bridgehead atoms. The Morgan fingerprint density at radius 3 is 1.69 bits per heavy atom. The number of esters is 2. The van der Waals surface area contributed by atoms with Crippen molar-refractivity contribution in [3.8, 4) is 0 Å². The lowest BCUT2D eigenvalue weighted by atomic mass is 9.99. The molecule has 146 valence electrons. The topological polar surface area (TPSA) is 52.6 Å². The van der Waals surface area contributed by atoms with Gasteiger partial charge in [0.2, 0.25) is 0 Å². The predicted molar refractivity (Wildman–Crippen MR) is 105 cm³/mol. The zero-order valence-corrected chi connectivity index (χ0v) is 17.4. The van der Waals surface area contributed by atoms with Crippen LogP contribution < -0.4 is 0 Å². The van der Waals surface area contributed by atoms with Gasteiger partial charge in [-0.1, -0.05) is 39.7 Å². The van der Waals surface area contributed by atoms with Crippen molar-refractivity contribution < 1.29 is 19.1 Å². The number of hydrogen-bond acceptors (Lipinski definition) is 4. The summed E-state index contributed by atoms with van der Waals surface area (Å²) < 4.78 is 11.3. The maximum absolute atomic E-state index is 12.8. The Bertz CT molecular complexity index is 629. The van der Waals surface area contributed by atoms with Crippen LogP contribution in [0.2, 0.25) is 0 Å². The first kappa shape index (κ1) is 22.2. The molecule has 1 aromatic rings. The molecular weight excluding hydrogens is 328 g/mol. The van der Waals surface area contributed by atoms with Crippen LogP contribution in [0.25, 0.3) is 0 Å². The summed E-state index contributed by atoms with van der Waals surface area (Å²) >= 11 is 0. The summed E-state index contributed by atoms with van der Waals surface area (Å²) in [7, 11) is 0. The highest BCUT2D eigenvalue weighted by molar-refractivity contribution is 6.03. The van der Waals surface area contributed by atoms with Gasteiger partial charge in [-0.15, -0.1) is 0 Å². The molecule has 26 heavy (non-hydrogen) atoms. The van der Waals surface area contributed by atoms with Gasteiger partial charge < -0.3 is 9.47 Å². The number of carbonyl (C=O) groups excluding carboxylic acids is 2. The number of aryl methyl sites for hydroxylation is 1. The molecule has 0 heterocycles. The highest BCUT2D eigenvalue weighted by Gasteiger charge is 2.29. The number of benzene rings is 1. The van der Waals surface area contributed by atoms with E-state index in [1.807, 2.05) is 54.5 Å². The van der Waals surface area contributed by atoms with Gasteiger partial charge in [0.05, 0.1) is 11.1 Å². The lowest BCUT2D eigenvalue weighted by Crippen LogP contribution is -2.31. The van der Waals surface area contributed by atoms with E-state index in [0.29, 0.717) is 0 Å². The lowest BCUT2D eigenvalue weighted by molar-refractivity contribution is -0.00955. The summed E-state index contributed by atoms with van der Waals surface area (Å²) in [5.41, 5.74) is 0.387. The molecule has 4 heteroatoms. The Hall–Kier alpha value is -1.84. The third-order valence-corrected chi connectivity index (χ3v) is 4.37. The van der Waals surface area contributed by atoms with E-state index in [9.17, 15) is 9.59 Å². The van der Waals surface area contributed by atoms with Crippen molar-refractivity contribution in [3.05, 3.63) is 34.9 Å². The van der Waals surface area contributed by atoms with Crippen molar-refractivity contribution in [3.63, 3.8) is 0 Å². The Balaban J connectivity index is 3.17. The molecule has 0 spiro atoms. The van der Waals surface area contributed by atoms with Gasteiger partial charge in [0.15, 0.2) is 0 Å². The zero-order valence-electron chi connectivity index (χ0n) is 17.4. The molecule has 0 amide bonds. The molecule has 0 aliphatic heterocycles. The minimum Gasteiger partial charge on any atom is -0.456 e. The second-order valence-electron chi connectivity index (χ2n) is 8.03. The monoisotopic (exact) mass is 362 g/mol. The van der Waals surface area contributed by atoms with Crippen LogP contribution in [-0.2, 0) is 15.9 Å². The van der Waals surface area contributed by atoms with Crippen LogP contribution in [0.3, 0.4) is 0 Å². The van der Waals surface area contributed by atoms with E-state index < -0.39 is 23.1 Å².